The summed E-state index contributed by atoms with van der Waals surface area (Å²) < 4.78 is 0. The monoisotopic (exact) mass is 238 g/mol. The van der Waals surface area contributed by atoms with Crippen LogP contribution in [0.5, 0.6) is 0 Å². The molecule has 0 aliphatic heterocycles. The quantitative estimate of drug-likeness (QED) is 0.643. The van der Waals surface area contributed by atoms with Crippen LogP contribution in [0.2, 0.25) is 5.02 Å². The van der Waals surface area contributed by atoms with Gasteiger partial charge in [0.05, 0.1) is 0 Å². The highest BCUT2D eigenvalue weighted by Gasteiger charge is 2.03. The van der Waals surface area contributed by atoms with Gasteiger partial charge in [-0.1, -0.05) is 49.9 Å². The van der Waals surface area contributed by atoms with E-state index in [1.165, 1.54) is 12.8 Å². The van der Waals surface area contributed by atoms with Crippen LogP contribution >= 0.6 is 11.6 Å². The van der Waals surface area contributed by atoms with Crippen LogP contribution in [0.3, 0.4) is 0 Å². The third-order valence-electron chi connectivity index (χ3n) is 2.60. The molecule has 16 heavy (non-hydrogen) atoms. The molecule has 0 heterocycles. The number of rotatable bonds is 7. The summed E-state index contributed by atoms with van der Waals surface area (Å²) in [6, 6.07) is 7.54. The maximum Gasteiger partial charge on any atom is 0.137 e. The summed E-state index contributed by atoms with van der Waals surface area (Å²) in [5.41, 5.74) is 1.02. The predicted molar refractivity (Wildman–Crippen MR) is 68.9 cm³/mol. The molecule has 2 heteroatoms. The molecule has 88 valence electrons. The molecule has 0 aromatic heterocycles. The summed E-state index contributed by atoms with van der Waals surface area (Å²) in [7, 11) is 0. The minimum Gasteiger partial charge on any atom is -0.299 e. The second kappa shape index (κ2) is 7.45. The van der Waals surface area contributed by atoms with Gasteiger partial charge >= 0.3 is 0 Å². The fraction of sp³-hybridized carbons (Fsp3) is 0.500. The standard InChI is InChI=1S/C14H19ClO/c1-2-3-4-5-9-14(16)11-12-7-6-8-13(15)10-12/h6-8,10H,2-5,9,11H2,1H3. The van der Waals surface area contributed by atoms with Crippen molar-refractivity contribution >= 4 is 17.4 Å². The van der Waals surface area contributed by atoms with Crippen molar-refractivity contribution in [2.45, 2.75) is 45.4 Å². The molecule has 1 nitrogen and oxygen atoms in total. The van der Waals surface area contributed by atoms with Crippen molar-refractivity contribution in [2.24, 2.45) is 0 Å². The Bertz CT molecular complexity index is 333. The largest absolute Gasteiger partial charge is 0.299 e. The number of carbonyl (C=O) groups excluding carboxylic acids is 1. The molecule has 0 fully saturated rings. The predicted octanol–water partition coefficient (Wildman–Crippen LogP) is 4.42. The van der Waals surface area contributed by atoms with Gasteiger partial charge in [0, 0.05) is 17.9 Å². The maximum atomic E-state index is 11.6. The first-order valence-corrected chi connectivity index (χ1v) is 6.36. The van der Waals surface area contributed by atoms with E-state index in [1.54, 1.807) is 0 Å². The summed E-state index contributed by atoms with van der Waals surface area (Å²) in [5, 5.41) is 0.705. The van der Waals surface area contributed by atoms with Crippen molar-refractivity contribution in [2.75, 3.05) is 0 Å². The highest BCUT2D eigenvalue weighted by molar-refractivity contribution is 6.30. The van der Waals surface area contributed by atoms with Gasteiger partial charge < -0.3 is 0 Å². The Labute approximate surface area is 103 Å². The molecule has 0 atom stereocenters. The lowest BCUT2D eigenvalue weighted by Gasteiger charge is -2.02. The zero-order valence-electron chi connectivity index (χ0n) is 9.84. The fourth-order valence-electron chi connectivity index (χ4n) is 1.71. The van der Waals surface area contributed by atoms with Gasteiger partial charge in [-0.3, -0.25) is 4.79 Å². The number of Topliss-reactive ketones (excluding diaryl/α,β-unsaturated/α-hetero) is 1. The Morgan fingerprint density at radius 3 is 2.75 bits per heavy atom. The Kier molecular flexibility index (Phi) is 6.17. The Morgan fingerprint density at radius 1 is 1.25 bits per heavy atom. The number of hydrogen-bond acceptors (Lipinski definition) is 1. The lowest BCUT2D eigenvalue weighted by Crippen LogP contribution is -2.02. The minimum absolute atomic E-state index is 0.318. The number of unbranched alkanes of at least 4 members (excludes halogenated alkanes) is 3. The normalized spacial score (nSPS) is 10.4. The minimum atomic E-state index is 0.318. The van der Waals surface area contributed by atoms with Crippen LogP contribution in [-0.2, 0) is 11.2 Å². The van der Waals surface area contributed by atoms with Gasteiger partial charge in [-0.25, -0.2) is 0 Å². The highest BCUT2D eigenvalue weighted by atomic mass is 35.5. The molecule has 0 aliphatic carbocycles. The molecule has 1 aromatic rings. The summed E-state index contributed by atoms with van der Waals surface area (Å²) in [6.45, 7) is 2.17. The topological polar surface area (TPSA) is 17.1 Å². The summed E-state index contributed by atoms with van der Waals surface area (Å²) in [4.78, 5) is 11.6. The molecule has 0 aliphatic rings. The zero-order chi connectivity index (χ0) is 11.8. The summed E-state index contributed by atoms with van der Waals surface area (Å²) in [6.07, 6.45) is 5.84. The molecule has 0 saturated heterocycles. The van der Waals surface area contributed by atoms with Crippen molar-refractivity contribution in [3.63, 3.8) is 0 Å². The van der Waals surface area contributed by atoms with Crippen LogP contribution in [-0.4, -0.2) is 5.78 Å². The van der Waals surface area contributed by atoms with E-state index >= 15 is 0 Å². The first kappa shape index (κ1) is 13.2. The van der Waals surface area contributed by atoms with Crippen molar-refractivity contribution in [1.82, 2.24) is 0 Å². The van der Waals surface area contributed by atoms with Crippen LogP contribution in [0.25, 0.3) is 0 Å². The van der Waals surface area contributed by atoms with Gasteiger partial charge in [0.2, 0.25) is 0 Å². The smallest absolute Gasteiger partial charge is 0.137 e. The van der Waals surface area contributed by atoms with Crippen molar-refractivity contribution in [3.05, 3.63) is 34.9 Å². The fourth-order valence-corrected chi connectivity index (χ4v) is 1.92. The average molecular weight is 239 g/mol. The second-order valence-corrected chi connectivity index (χ2v) is 4.59. The van der Waals surface area contributed by atoms with Crippen molar-refractivity contribution in [3.8, 4) is 0 Å². The molecule has 0 bridgehead atoms. The van der Waals surface area contributed by atoms with Crippen LogP contribution in [0.1, 0.15) is 44.6 Å². The van der Waals surface area contributed by atoms with Crippen LogP contribution in [0, 0.1) is 0 Å². The van der Waals surface area contributed by atoms with Gasteiger partial charge in [0.1, 0.15) is 5.78 Å². The highest BCUT2D eigenvalue weighted by Crippen LogP contribution is 2.12. The molecule has 0 saturated carbocycles. The Morgan fingerprint density at radius 2 is 2.06 bits per heavy atom. The van der Waals surface area contributed by atoms with Crippen molar-refractivity contribution in [1.29, 1.82) is 0 Å². The zero-order valence-corrected chi connectivity index (χ0v) is 10.6. The van der Waals surface area contributed by atoms with E-state index in [9.17, 15) is 4.79 Å². The Balaban J connectivity index is 2.29. The number of halogens is 1. The van der Waals surface area contributed by atoms with Gasteiger partial charge in [-0.2, -0.15) is 0 Å². The van der Waals surface area contributed by atoms with E-state index in [2.05, 4.69) is 6.92 Å². The van der Waals surface area contributed by atoms with Crippen LogP contribution < -0.4 is 0 Å². The van der Waals surface area contributed by atoms with E-state index < -0.39 is 0 Å². The number of hydrogen-bond donors (Lipinski definition) is 0. The van der Waals surface area contributed by atoms with Crippen LogP contribution in [0.4, 0.5) is 0 Å². The first-order valence-electron chi connectivity index (χ1n) is 5.98. The number of ketones is 1. The SMILES string of the molecule is CCCCCCC(=O)Cc1cccc(Cl)c1. The van der Waals surface area contributed by atoms with E-state index in [4.69, 9.17) is 11.6 Å². The molecule has 0 radical (unpaired) electrons. The first-order chi connectivity index (χ1) is 7.72. The van der Waals surface area contributed by atoms with Gasteiger partial charge in [0.25, 0.3) is 0 Å². The lowest BCUT2D eigenvalue weighted by molar-refractivity contribution is -0.118. The number of carbonyl (C=O) groups is 1. The second-order valence-electron chi connectivity index (χ2n) is 4.16. The maximum absolute atomic E-state index is 11.6. The number of benzene rings is 1. The third kappa shape index (κ3) is 5.32. The average Bonchev–Trinajstić information content (AvgIpc) is 2.24. The van der Waals surface area contributed by atoms with Gasteiger partial charge in [-0.15, -0.1) is 0 Å². The Hall–Kier alpha value is -0.820. The molecular formula is C14H19ClO. The lowest BCUT2D eigenvalue weighted by atomic mass is 10.0. The molecule has 0 spiro atoms. The summed E-state index contributed by atoms with van der Waals surface area (Å²) >= 11 is 5.86. The molecule has 1 aromatic carbocycles. The molecule has 0 N–H and O–H groups in total. The van der Waals surface area contributed by atoms with Crippen molar-refractivity contribution < 1.29 is 4.79 Å². The molecule has 1 rings (SSSR count). The van der Waals surface area contributed by atoms with Gasteiger partial charge in [0.15, 0.2) is 0 Å². The van der Waals surface area contributed by atoms with E-state index in [0.717, 1.165) is 18.4 Å². The van der Waals surface area contributed by atoms with E-state index in [-0.39, 0.29) is 0 Å². The van der Waals surface area contributed by atoms with Crippen LogP contribution in [0.15, 0.2) is 24.3 Å². The van der Waals surface area contributed by atoms with E-state index in [1.807, 2.05) is 24.3 Å². The molecular weight excluding hydrogens is 220 g/mol. The molecule has 0 amide bonds. The van der Waals surface area contributed by atoms with Gasteiger partial charge in [-0.05, 0) is 24.1 Å². The van der Waals surface area contributed by atoms with E-state index in [0.29, 0.717) is 23.6 Å². The molecule has 0 unspecified atom stereocenters. The summed E-state index contributed by atoms with van der Waals surface area (Å²) in [5.74, 6) is 0.318. The third-order valence-corrected chi connectivity index (χ3v) is 2.83.